The number of carbonyl (C=O) groups is 4. The van der Waals surface area contributed by atoms with Gasteiger partial charge in [-0.25, -0.2) is 19.2 Å². The number of carbonyl (C=O) groups excluding carboxylic acids is 3. The predicted molar refractivity (Wildman–Crippen MR) is 168 cm³/mol. The lowest BCUT2D eigenvalue weighted by molar-refractivity contribution is 0.0254. The molecule has 0 fully saturated rings. The van der Waals surface area contributed by atoms with Crippen LogP contribution in [0.1, 0.15) is 78.9 Å². The van der Waals surface area contributed by atoms with Gasteiger partial charge < -0.3 is 19.3 Å². The summed E-state index contributed by atoms with van der Waals surface area (Å²) in [6.45, 7) is 14.9. The third kappa shape index (κ3) is 5.43. The molecule has 11 heteroatoms. The summed E-state index contributed by atoms with van der Waals surface area (Å²) in [5.41, 5.74) is 0.173. The Bertz CT molecular complexity index is 1650. The maximum Gasteiger partial charge on any atom is 0.412 e. The van der Waals surface area contributed by atoms with Gasteiger partial charge in [0.15, 0.2) is 5.60 Å². The number of rotatable bonds is 3. The zero-order chi connectivity index (χ0) is 32.4. The molecule has 230 valence electrons. The number of anilines is 2. The van der Waals surface area contributed by atoms with E-state index >= 15 is 0 Å². The average molecular weight is 617 g/mol. The maximum atomic E-state index is 13.4. The summed E-state index contributed by atoms with van der Waals surface area (Å²) in [5, 5.41) is 17.1. The number of benzene rings is 3. The van der Waals surface area contributed by atoms with Crippen LogP contribution in [0.15, 0.2) is 54.6 Å². The molecule has 2 amide bonds. The molecule has 3 aromatic carbocycles. The number of aromatic carboxylic acids is 1. The Morgan fingerprint density at radius 1 is 0.750 bits per heavy atom. The van der Waals surface area contributed by atoms with Crippen molar-refractivity contribution in [3.05, 3.63) is 82.4 Å². The number of ether oxygens (including phenoxy) is 3. The number of nitrogens with one attached hydrogen (secondary N) is 2. The summed E-state index contributed by atoms with van der Waals surface area (Å²) in [6, 6.07) is 15.1. The van der Waals surface area contributed by atoms with Crippen LogP contribution in [0, 0.1) is 0 Å². The van der Waals surface area contributed by atoms with E-state index in [2.05, 4.69) is 23.7 Å². The van der Waals surface area contributed by atoms with E-state index in [4.69, 9.17) is 14.2 Å². The summed E-state index contributed by atoms with van der Waals surface area (Å²) < 4.78 is 17.2. The molecule has 3 N–H and O–H groups in total. The normalized spacial score (nSPS) is 15.8. The number of carboxylic acids is 1. The predicted octanol–water partition coefficient (Wildman–Crippen LogP) is 5.68. The number of amides is 2. The number of fused-ring (bicyclic) bond motifs is 6. The minimum Gasteiger partial charge on any atom is -0.478 e. The molecule has 2 aliphatic heterocycles. The van der Waals surface area contributed by atoms with Crippen LogP contribution in [0.25, 0.3) is 0 Å². The van der Waals surface area contributed by atoms with Crippen LogP contribution in [-0.4, -0.2) is 48.5 Å². The van der Waals surface area contributed by atoms with Crippen LogP contribution in [0.2, 0.25) is 13.1 Å². The second kappa shape index (κ2) is 10.2. The third-order valence-electron chi connectivity index (χ3n) is 7.55. The van der Waals surface area contributed by atoms with Crippen molar-refractivity contribution < 1.29 is 38.5 Å². The van der Waals surface area contributed by atoms with Crippen molar-refractivity contribution in [1.29, 1.82) is 0 Å². The van der Waals surface area contributed by atoms with E-state index in [0.717, 1.165) is 10.4 Å². The molecule has 0 saturated heterocycles. The Morgan fingerprint density at radius 3 is 1.66 bits per heavy atom. The Hall–Kier alpha value is -4.64. The Labute approximate surface area is 256 Å². The summed E-state index contributed by atoms with van der Waals surface area (Å²) in [5.74, 6) is -1.72. The molecule has 1 spiro atoms. The molecule has 0 bridgehead atoms. The van der Waals surface area contributed by atoms with Crippen molar-refractivity contribution in [2.24, 2.45) is 0 Å². The molecule has 10 nitrogen and oxygen atoms in total. The number of hydrogen-bond donors (Lipinski definition) is 3. The minimum atomic E-state index is -2.65. The largest absolute Gasteiger partial charge is 0.478 e. The number of carboxylic acid groups (broad SMARTS) is 1. The highest BCUT2D eigenvalue weighted by Gasteiger charge is 2.56. The highest BCUT2D eigenvalue weighted by atomic mass is 28.3. The molecule has 2 heterocycles. The molecule has 3 aromatic rings. The van der Waals surface area contributed by atoms with Gasteiger partial charge in [-0.1, -0.05) is 25.2 Å². The topological polar surface area (TPSA) is 140 Å². The van der Waals surface area contributed by atoms with Gasteiger partial charge in [0.2, 0.25) is 0 Å². The van der Waals surface area contributed by atoms with Crippen molar-refractivity contribution in [2.75, 3.05) is 10.6 Å². The fourth-order valence-corrected chi connectivity index (χ4v) is 9.01. The Balaban J connectivity index is 1.72. The van der Waals surface area contributed by atoms with Gasteiger partial charge in [0, 0.05) is 28.1 Å². The van der Waals surface area contributed by atoms with E-state index < -0.39 is 49.0 Å². The van der Waals surface area contributed by atoms with Gasteiger partial charge in [0.25, 0.3) is 0 Å². The minimum absolute atomic E-state index is 0.0121. The van der Waals surface area contributed by atoms with Crippen LogP contribution < -0.4 is 21.0 Å². The average Bonchev–Trinajstić information content (AvgIpc) is 3.17. The SMILES string of the molecule is CC(C)(C)OC(=O)Nc1ccc2c(c1)[Si](C)(C)c1cc(NC(=O)OC(C)(C)C)ccc1C21OC(=O)c2ccc(C(=O)O)cc21. The first-order valence-corrected chi connectivity index (χ1v) is 17.2. The molecule has 0 atom stereocenters. The lowest BCUT2D eigenvalue weighted by atomic mass is 9.78. The molecular weight excluding hydrogens is 580 g/mol. The van der Waals surface area contributed by atoms with E-state index in [1.165, 1.54) is 18.2 Å². The van der Waals surface area contributed by atoms with Crippen LogP contribution in [0.4, 0.5) is 21.0 Å². The fourth-order valence-electron chi connectivity index (χ4n) is 5.82. The smallest absolute Gasteiger partial charge is 0.412 e. The van der Waals surface area contributed by atoms with E-state index in [0.29, 0.717) is 28.1 Å². The van der Waals surface area contributed by atoms with Gasteiger partial charge in [-0.3, -0.25) is 10.6 Å². The van der Waals surface area contributed by atoms with Crippen LogP contribution in [0.3, 0.4) is 0 Å². The van der Waals surface area contributed by atoms with Gasteiger partial charge in [-0.05, 0) is 94.4 Å². The highest BCUT2D eigenvalue weighted by molar-refractivity contribution is 7.01. The number of hydrogen-bond acceptors (Lipinski definition) is 7. The zero-order valence-electron chi connectivity index (χ0n) is 26.0. The molecule has 0 radical (unpaired) electrons. The van der Waals surface area contributed by atoms with Crippen molar-refractivity contribution in [1.82, 2.24) is 0 Å². The van der Waals surface area contributed by atoms with Crippen molar-refractivity contribution in [3.63, 3.8) is 0 Å². The molecule has 0 unspecified atom stereocenters. The molecule has 44 heavy (non-hydrogen) atoms. The van der Waals surface area contributed by atoms with Crippen molar-refractivity contribution in [2.45, 2.75) is 71.4 Å². The van der Waals surface area contributed by atoms with Crippen LogP contribution in [-0.2, 0) is 19.8 Å². The molecule has 0 saturated carbocycles. The van der Waals surface area contributed by atoms with Crippen LogP contribution >= 0.6 is 0 Å². The first-order chi connectivity index (χ1) is 20.3. The molecule has 2 aliphatic rings. The highest BCUT2D eigenvalue weighted by Crippen LogP contribution is 2.49. The third-order valence-corrected chi connectivity index (χ3v) is 11.1. The standard InChI is InChI=1S/C33H36N2O8Si/c1-31(2,3)42-29(39)34-19-10-13-22-25(16-19)44(7,8)26-17-20(35-30(40)43-32(4,5)6)11-14-23(26)33(22)24-15-18(27(36)37)9-12-21(24)28(38)41-33/h9-17H,1-8H3,(H,34,39)(H,35,40)(H,36,37). The van der Waals surface area contributed by atoms with Crippen LogP contribution in [0.5, 0.6) is 0 Å². The lowest BCUT2D eigenvalue weighted by Crippen LogP contribution is -2.63. The van der Waals surface area contributed by atoms with Crippen molar-refractivity contribution >= 4 is 53.9 Å². The second-order valence-corrected chi connectivity index (χ2v) is 17.9. The zero-order valence-corrected chi connectivity index (χ0v) is 27.0. The van der Waals surface area contributed by atoms with Gasteiger partial charge in [-0.2, -0.15) is 0 Å². The molecule has 5 rings (SSSR count). The van der Waals surface area contributed by atoms with E-state index in [1.54, 1.807) is 53.7 Å². The van der Waals surface area contributed by atoms with Crippen molar-refractivity contribution in [3.8, 4) is 0 Å². The second-order valence-electron chi connectivity index (χ2n) is 13.5. The van der Waals surface area contributed by atoms with Gasteiger partial charge in [0.05, 0.1) is 11.1 Å². The summed E-state index contributed by atoms with van der Waals surface area (Å²) in [6.07, 6.45) is -1.23. The summed E-state index contributed by atoms with van der Waals surface area (Å²) in [7, 11) is -2.65. The van der Waals surface area contributed by atoms with Gasteiger partial charge >= 0.3 is 24.1 Å². The Kier molecular flexibility index (Phi) is 7.16. The van der Waals surface area contributed by atoms with E-state index in [1.807, 2.05) is 24.3 Å². The summed E-state index contributed by atoms with van der Waals surface area (Å²) >= 11 is 0. The number of esters is 1. The fraction of sp³-hybridized carbons (Fsp3) is 0.333. The van der Waals surface area contributed by atoms with E-state index in [9.17, 15) is 24.3 Å². The van der Waals surface area contributed by atoms with Gasteiger partial charge in [0.1, 0.15) is 19.3 Å². The van der Waals surface area contributed by atoms with E-state index in [-0.39, 0.29) is 11.1 Å². The first kappa shape index (κ1) is 30.8. The quantitative estimate of drug-likeness (QED) is 0.194. The lowest BCUT2D eigenvalue weighted by Gasteiger charge is -2.44. The molecule has 0 aromatic heterocycles. The van der Waals surface area contributed by atoms with Gasteiger partial charge in [-0.15, -0.1) is 0 Å². The molecular formula is C33H36N2O8Si. The summed E-state index contributed by atoms with van der Waals surface area (Å²) in [4.78, 5) is 50.7. The maximum absolute atomic E-state index is 13.4. The molecule has 0 aliphatic carbocycles. The Morgan fingerprint density at radius 2 is 1.23 bits per heavy atom. The first-order valence-electron chi connectivity index (χ1n) is 14.2. The monoisotopic (exact) mass is 616 g/mol.